The summed E-state index contributed by atoms with van der Waals surface area (Å²) in [5.41, 5.74) is 0.805. The molecule has 0 amide bonds. The van der Waals surface area contributed by atoms with Gasteiger partial charge in [0, 0.05) is 11.8 Å². The van der Waals surface area contributed by atoms with E-state index in [1.165, 1.54) is 12.1 Å². The summed E-state index contributed by atoms with van der Waals surface area (Å²) in [6, 6.07) is 4.23. The first kappa shape index (κ1) is 12.1. The van der Waals surface area contributed by atoms with Crippen molar-refractivity contribution in [3.63, 3.8) is 0 Å². The lowest BCUT2D eigenvalue weighted by Gasteiger charge is -2.11. The standard InChI is InChI=1S/C10H13FO3S/c1-7-3-4-9(11)8(5-7)10(12)6-15(2,13)14/h3-5,10,12H,6H2,1-2H3. The molecule has 0 aliphatic heterocycles. The highest BCUT2D eigenvalue weighted by Crippen LogP contribution is 2.19. The molecule has 0 fully saturated rings. The first-order chi connectivity index (χ1) is 6.79. The van der Waals surface area contributed by atoms with Crippen molar-refractivity contribution in [3.8, 4) is 0 Å². The van der Waals surface area contributed by atoms with Gasteiger partial charge in [-0.3, -0.25) is 0 Å². The van der Waals surface area contributed by atoms with Crippen molar-refractivity contribution in [3.05, 3.63) is 35.1 Å². The third-order valence-corrected chi connectivity index (χ3v) is 2.89. The molecule has 0 bridgehead atoms. The van der Waals surface area contributed by atoms with Gasteiger partial charge in [-0.2, -0.15) is 0 Å². The van der Waals surface area contributed by atoms with E-state index in [1.54, 1.807) is 13.0 Å². The van der Waals surface area contributed by atoms with Crippen LogP contribution in [0.1, 0.15) is 17.2 Å². The molecule has 0 aliphatic rings. The normalized spacial score (nSPS) is 13.9. The van der Waals surface area contributed by atoms with Crippen molar-refractivity contribution in [2.24, 2.45) is 0 Å². The minimum Gasteiger partial charge on any atom is -0.387 e. The molecule has 0 spiro atoms. The third-order valence-electron chi connectivity index (χ3n) is 1.97. The molecule has 1 atom stereocenters. The number of halogens is 1. The summed E-state index contributed by atoms with van der Waals surface area (Å²) in [5, 5.41) is 9.54. The number of hydrogen-bond acceptors (Lipinski definition) is 3. The molecule has 0 aliphatic carbocycles. The Morgan fingerprint density at radius 3 is 2.60 bits per heavy atom. The number of rotatable bonds is 3. The molecule has 1 rings (SSSR count). The van der Waals surface area contributed by atoms with Crippen molar-refractivity contribution in [1.29, 1.82) is 0 Å². The lowest BCUT2D eigenvalue weighted by molar-refractivity contribution is 0.196. The Morgan fingerprint density at radius 1 is 1.47 bits per heavy atom. The number of hydrogen-bond donors (Lipinski definition) is 1. The molecule has 0 aromatic heterocycles. The predicted molar refractivity (Wildman–Crippen MR) is 55.8 cm³/mol. The van der Waals surface area contributed by atoms with Crippen LogP contribution in [-0.2, 0) is 9.84 Å². The molecule has 1 aromatic rings. The fourth-order valence-electron chi connectivity index (χ4n) is 1.30. The molecule has 1 N–H and O–H groups in total. The minimum absolute atomic E-state index is 0.0282. The van der Waals surface area contributed by atoms with Crippen molar-refractivity contribution in [2.75, 3.05) is 12.0 Å². The number of sulfone groups is 1. The van der Waals surface area contributed by atoms with Crippen LogP contribution in [0.4, 0.5) is 4.39 Å². The van der Waals surface area contributed by atoms with Crippen molar-refractivity contribution >= 4 is 9.84 Å². The Labute approximate surface area is 88.5 Å². The van der Waals surface area contributed by atoms with Gasteiger partial charge in [0.05, 0.1) is 11.9 Å². The maximum atomic E-state index is 13.2. The molecule has 0 heterocycles. The lowest BCUT2D eigenvalue weighted by atomic mass is 10.1. The minimum atomic E-state index is -3.32. The molecule has 84 valence electrons. The summed E-state index contributed by atoms with van der Waals surface area (Å²) >= 11 is 0. The van der Waals surface area contributed by atoms with Crippen LogP contribution in [0.3, 0.4) is 0 Å². The van der Waals surface area contributed by atoms with E-state index >= 15 is 0 Å². The summed E-state index contributed by atoms with van der Waals surface area (Å²) in [7, 11) is -3.32. The Morgan fingerprint density at radius 2 is 2.07 bits per heavy atom. The van der Waals surface area contributed by atoms with E-state index < -0.39 is 27.5 Å². The first-order valence-corrected chi connectivity index (χ1v) is 6.47. The lowest BCUT2D eigenvalue weighted by Crippen LogP contribution is -2.14. The fourth-order valence-corrected chi connectivity index (χ4v) is 2.05. The molecule has 3 nitrogen and oxygen atoms in total. The zero-order valence-corrected chi connectivity index (χ0v) is 9.38. The number of aliphatic hydroxyl groups is 1. The van der Waals surface area contributed by atoms with Gasteiger partial charge in [-0.1, -0.05) is 17.7 Å². The van der Waals surface area contributed by atoms with Gasteiger partial charge in [-0.25, -0.2) is 12.8 Å². The summed E-state index contributed by atoms with van der Waals surface area (Å²) in [5.74, 6) is -1.05. The number of aliphatic hydroxyl groups excluding tert-OH is 1. The quantitative estimate of drug-likeness (QED) is 0.852. The van der Waals surface area contributed by atoms with Crippen LogP contribution in [0, 0.1) is 12.7 Å². The van der Waals surface area contributed by atoms with Crippen LogP contribution in [0.2, 0.25) is 0 Å². The van der Waals surface area contributed by atoms with Gasteiger partial charge < -0.3 is 5.11 Å². The van der Waals surface area contributed by atoms with Crippen molar-refractivity contribution in [1.82, 2.24) is 0 Å². The van der Waals surface area contributed by atoms with Crippen LogP contribution in [-0.4, -0.2) is 25.5 Å². The maximum Gasteiger partial charge on any atom is 0.150 e. The van der Waals surface area contributed by atoms with Crippen molar-refractivity contribution in [2.45, 2.75) is 13.0 Å². The summed E-state index contributed by atoms with van der Waals surface area (Å²) in [6.45, 7) is 1.75. The highest BCUT2D eigenvalue weighted by molar-refractivity contribution is 7.90. The van der Waals surface area contributed by atoms with Crippen LogP contribution >= 0.6 is 0 Å². The molecule has 0 saturated heterocycles. The van der Waals surface area contributed by atoms with Gasteiger partial charge in [0.2, 0.25) is 0 Å². The molecular formula is C10H13FO3S. The monoisotopic (exact) mass is 232 g/mol. The van der Waals surface area contributed by atoms with E-state index in [1.807, 2.05) is 0 Å². The van der Waals surface area contributed by atoms with E-state index in [0.717, 1.165) is 11.8 Å². The van der Waals surface area contributed by atoms with Gasteiger partial charge in [0.15, 0.2) is 0 Å². The Kier molecular flexibility index (Phi) is 3.46. The highest BCUT2D eigenvalue weighted by atomic mass is 32.2. The van der Waals surface area contributed by atoms with Gasteiger partial charge in [-0.05, 0) is 13.0 Å². The molecule has 1 unspecified atom stereocenters. The van der Waals surface area contributed by atoms with E-state index in [9.17, 15) is 17.9 Å². The van der Waals surface area contributed by atoms with E-state index in [-0.39, 0.29) is 5.56 Å². The number of benzene rings is 1. The largest absolute Gasteiger partial charge is 0.387 e. The molecule has 15 heavy (non-hydrogen) atoms. The van der Waals surface area contributed by atoms with E-state index in [0.29, 0.717) is 0 Å². The Hall–Kier alpha value is -0.940. The second-order valence-electron chi connectivity index (χ2n) is 3.63. The van der Waals surface area contributed by atoms with E-state index in [2.05, 4.69) is 0 Å². The molecule has 1 aromatic carbocycles. The van der Waals surface area contributed by atoms with Crippen LogP contribution < -0.4 is 0 Å². The van der Waals surface area contributed by atoms with Gasteiger partial charge in [-0.15, -0.1) is 0 Å². The number of aryl methyl sites for hydroxylation is 1. The molecule has 5 heteroatoms. The zero-order chi connectivity index (χ0) is 11.6. The average molecular weight is 232 g/mol. The topological polar surface area (TPSA) is 54.4 Å². The third kappa shape index (κ3) is 3.60. The molecular weight excluding hydrogens is 219 g/mol. The molecule has 0 saturated carbocycles. The van der Waals surface area contributed by atoms with Crippen molar-refractivity contribution < 1.29 is 17.9 Å². The Bertz CT molecular complexity index is 454. The zero-order valence-electron chi connectivity index (χ0n) is 8.57. The first-order valence-electron chi connectivity index (χ1n) is 4.41. The SMILES string of the molecule is Cc1ccc(F)c(C(O)CS(C)(=O)=O)c1. The average Bonchev–Trinajstić information content (AvgIpc) is 2.06. The second-order valence-corrected chi connectivity index (χ2v) is 5.82. The molecule has 0 radical (unpaired) electrons. The summed E-state index contributed by atoms with van der Waals surface area (Å²) in [4.78, 5) is 0. The predicted octanol–water partition coefficient (Wildman–Crippen LogP) is 1.21. The fraction of sp³-hybridized carbons (Fsp3) is 0.400. The highest BCUT2D eigenvalue weighted by Gasteiger charge is 2.17. The van der Waals surface area contributed by atoms with Gasteiger partial charge in [0.25, 0.3) is 0 Å². The summed E-state index contributed by atoms with van der Waals surface area (Å²) in [6.07, 6.45) is -0.302. The van der Waals surface area contributed by atoms with E-state index in [4.69, 9.17) is 0 Å². The summed E-state index contributed by atoms with van der Waals surface area (Å²) < 4.78 is 35.1. The van der Waals surface area contributed by atoms with Gasteiger partial charge >= 0.3 is 0 Å². The maximum absolute atomic E-state index is 13.2. The van der Waals surface area contributed by atoms with Crippen LogP contribution in [0.5, 0.6) is 0 Å². The van der Waals surface area contributed by atoms with Crippen LogP contribution in [0.15, 0.2) is 18.2 Å². The van der Waals surface area contributed by atoms with Gasteiger partial charge in [0.1, 0.15) is 15.7 Å². The Balaban J connectivity index is 3.00. The van der Waals surface area contributed by atoms with Crippen LogP contribution in [0.25, 0.3) is 0 Å². The second kappa shape index (κ2) is 4.28. The smallest absolute Gasteiger partial charge is 0.150 e.